The van der Waals surface area contributed by atoms with Gasteiger partial charge in [0.15, 0.2) is 0 Å². The highest BCUT2D eigenvalue weighted by Gasteiger charge is 2.30. The van der Waals surface area contributed by atoms with Gasteiger partial charge in [-0.2, -0.15) is 0 Å². The molecule has 0 aliphatic heterocycles. The van der Waals surface area contributed by atoms with Crippen LogP contribution in [0.4, 0.5) is 0 Å². The van der Waals surface area contributed by atoms with Crippen molar-refractivity contribution in [1.82, 2.24) is 5.32 Å². The van der Waals surface area contributed by atoms with Crippen LogP contribution in [-0.4, -0.2) is 44.4 Å². The molecule has 0 saturated heterocycles. The van der Waals surface area contributed by atoms with E-state index >= 15 is 0 Å². The highest BCUT2D eigenvalue weighted by atomic mass is 16.5. The minimum absolute atomic E-state index is 0.0115. The van der Waals surface area contributed by atoms with Crippen molar-refractivity contribution in [3.05, 3.63) is 71.3 Å². The molecule has 0 spiro atoms. The number of hydrogen-bond acceptors (Lipinski definition) is 5. The van der Waals surface area contributed by atoms with Gasteiger partial charge in [-0.1, -0.05) is 30.3 Å². The van der Waals surface area contributed by atoms with Crippen molar-refractivity contribution in [2.45, 2.75) is 5.60 Å². The predicted molar refractivity (Wildman–Crippen MR) is 92.3 cm³/mol. The SMILES string of the molecule is COCC(O)(CNC(=O)c1ccc(C(=O)OC)cc1)c1ccccc1. The number of amides is 1. The van der Waals surface area contributed by atoms with E-state index in [1.807, 2.05) is 18.2 Å². The van der Waals surface area contributed by atoms with Gasteiger partial charge in [-0.3, -0.25) is 4.79 Å². The number of nitrogens with one attached hydrogen (secondary N) is 1. The van der Waals surface area contributed by atoms with E-state index in [2.05, 4.69) is 10.1 Å². The fraction of sp³-hybridized carbons (Fsp3) is 0.263. The van der Waals surface area contributed by atoms with Crippen LogP contribution in [0.5, 0.6) is 0 Å². The standard InChI is InChI=1S/C19H21NO5/c1-24-13-19(23,16-6-4-3-5-7-16)12-20-17(21)14-8-10-15(11-9-14)18(22)25-2/h3-11,23H,12-13H2,1-2H3,(H,20,21). The Bertz CT molecular complexity index is 714. The van der Waals surface area contributed by atoms with Crippen LogP contribution in [0.15, 0.2) is 54.6 Å². The van der Waals surface area contributed by atoms with Crippen LogP contribution in [0.3, 0.4) is 0 Å². The highest BCUT2D eigenvalue weighted by Crippen LogP contribution is 2.20. The first-order valence-electron chi connectivity index (χ1n) is 7.73. The third-order valence-corrected chi connectivity index (χ3v) is 3.80. The normalized spacial score (nSPS) is 12.9. The van der Waals surface area contributed by atoms with Crippen LogP contribution in [0.1, 0.15) is 26.3 Å². The van der Waals surface area contributed by atoms with E-state index < -0.39 is 11.6 Å². The minimum atomic E-state index is -1.34. The van der Waals surface area contributed by atoms with Crippen molar-refractivity contribution < 1.29 is 24.2 Å². The van der Waals surface area contributed by atoms with Crippen LogP contribution < -0.4 is 5.32 Å². The highest BCUT2D eigenvalue weighted by molar-refractivity contribution is 5.96. The molecule has 0 radical (unpaired) electrons. The summed E-state index contributed by atoms with van der Waals surface area (Å²) in [7, 11) is 2.78. The number of hydrogen-bond donors (Lipinski definition) is 2. The van der Waals surface area contributed by atoms with Crippen LogP contribution >= 0.6 is 0 Å². The van der Waals surface area contributed by atoms with Gasteiger partial charge in [0.05, 0.1) is 25.8 Å². The maximum atomic E-state index is 12.3. The molecule has 6 heteroatoms. The summed E-state index contributed by atoms with van der Waals surface area (Å²) < 4.78 is 9.72. The number of esters is 1. The molecule has 1 atom stereocenters. The third-order valence-electron chi connectivity index (χ3n) is 3.80. The Kier molecular flexibility index (Phi) is 6.27. The van der Waals surface area contributed by atoms with E-state index in [1.54, 1.807) is 12.1 Å². The zero-order valence-electron chi connectivity index (χ0n) is 14.2. The van der Waals surface area contributed by atoms with E-state index in [0.29, 0.717) is 16.7 Å². The smallest absolute Gasteiger partial charge is 0.337 e. The van der Waals surface area contributed by atoms with Crippen molar-refractivity contribution in [2.24, 2.45) is 0 Å². The van der Waals surface area contributed by atoms with Gasteiger partial charge in [-0.25, -0.2) is 4.79 Å². The Morgan fingerprint density at radius 2 is 1.60 bits per heavy atom. The van der Waals surface area contributed by atoms with Gasteiger partial charge in [-0.15, -0.1) is 0 Å². The average molecular weight is 343 g/mol. The second-order valence-electron chi connectivity index (χ2n) is 5.58. The molecule has 0 saturated carbocycles. The maximum absolute atomic E-state index is 12.3. The third kappa shape index (κ3) is 4.65. The fourth-order valence-electron chi connectivity index (χ4n) is 2.43. The number of carbonyl (C=O) groups is 2. The molecule has 0 aromatic heterocycles. The molecule has 0 aliphatic carbocycles. The van der Waals surface area contributed by atoms with E-state index in [1.165, 1.54) is 38.5 Å². The van der Waals surface area contributed by atoms with Crippen LogP contribution in [0, 0.1) is 0 Å². The lowest BCUT2D eigenvalue weighted by atomic mass is 9.94. The summed E-state index contributed by atoms with van der Waals surface area (Å²) in [6, 6.07) is 15.1. The molecule has 132 valence electrons. The maximum Gasteiger partial charge on any atom is 0.337 e. The molecule has 0 fully saturated rings. The lowest BCUT2D eigenvalue weighted by Crippen LogP contribution is -2.44. The summed E-state index contributed by atoms with van der Waals surface area (Å²) in [4.78, 5) is 23.7. The molecule has 2 rings (SSSR count). The summed E-state index contributed by atoms with van der Waals surface area (Å²) in [5.41, 5.74) is 0.0513. The monoisotopic (exact) mass is 343 g/mol. The largest absolute Gasteiger partial charge is 0.465 e. The number of benzene rings is 2. The molecular formula is C19H21NO5. The molecule has 2 aromatic carbocycles. The number of rotatable bonds is 7. The van der Waals surface area contributed by atoms with Crippen molar-refractivity contribution >= 4 is 11.9 Å². The van der Waals surface area contributed by atoms with Gasteiger partial charge in [0, 0.05) is 12.7 Å². The number of methoxy groups -OCH3 is 2. The quantitative estimate of drug-likeness (QED) is 0.748. The second kappa shape index (κ2) is 8.41. The van der Waals surface area contributed by atoms with Crippen LogP contribution in [-0.2, 0) is 15.1 Å². The number of aliphatic hydroxyl groups is 1. The molecule has 6 nitrogen and oxygen atoms in total. The zero-order valence-corrected chi connectivity index (χ0v) is 14.2. The average Bonchev–Trinajstić information content (AvgIpc) is 2.66. The molecule has 0 bridgehead atoms. The van der Waals surface area contributed by atoms with Gasteiger partial charge in [0.25, 0.3) is 5.91 Å². The fourth-order valence-corrected chi connectivity index (χ4v) is 2.43. The van der Waals surface area contributed by atoms with E-state index in [9.17, 15) is 14.7 Å². The number of carbonyl (C=O) groups excluding carboxylic acids is 2. The van der Waals surface area contributed by atoms with E-state index in [0.717, 1.165) is 0 Å². The first-order valence-corrected chi connectivity index (χ1v) is 7.73. The summed E-state index contributed by atoms with van der Waals surface area (Å²) >= 11 is 0. The van der Waals surface area contributed by atoms with Gasteiger partial charge in [-0.05, 0) is 29.8 Å². The van der Waals surface area contributed by atoms with Gasteiger partial charge in [0.1, 0.15) is 5.60 Å². The van der Waals surface area contributed by atoms with Crippen LogP contribution in [0.25, 0.3) is 0 Å². The molecule has 2 N–H and O–H groups in total. The molecule has 1 unspecified atom stereocenters. The van der Waals surface area contributed by atoms with Crippen molar-refractivity contribution in [2.75, 3.05) is 27.4 Å². The van der Waals surface area contributed by atoms with Gasteiger partial charge < -0.3 is 19.9 Å². The zero-order chi connectivity index (χ0) is 18.3. The summed E-state index contributed by atoms with van der Waals surface area (Å²) in [6.07, 6.45) is 0. The first-order chi connectivity index (χ1) is 12.0. The van der Waals surface area contributed by atoms with Crippen molar-refractivity contribution in [3.8, 4) is 0 Å². The van der Waals surface area contributed by atoms with E-state index in [4.69, 9.17) is 4.74 Å². The van der Waals surface area contributed by atoms with Crippen molar-refractivity contribution in [1.29, 1.82) is 0 Å². The summed E-state index contributed by atoms with van der Waals surface area (Å²) in [5, 5.41) is 13.5. The predicted octanol–water partition coefficient (Wildman–Crippen LogP) is 1.74. The molecule has 2 aromatic rings. The number of ether oxygens (including phenoxy) is 2. The van der Waals surface area contributed by atoms with Crippen LogP contribution in [0.2, 0.25) is 0 Å². The Morgan fingerprint density at radius 1 is 1.00 bits per heavy atom. The lowest BCUT2D eigenvalue weighted by molar-refractivity contribution is -0.0334. The van der Waals surface area contributed by atoms with Crippen molar-refractivity contribution in [3.63, 3.8) is 0 Å². The van der Waals surface area contributed by atoms with E-state index in [-0.39, 0.29) is 19.1 Å². The Morgan fingerprint density at radius 3 is 2.16 bits per heavy atom. The summed E-state index contributed by atoms with van der Waals surface area (Å²) in [5.74, 6) is -0.826. The second-order valence-corrected chi connectivity index (χ2v) is 5.58. The topological polar surface area (TPSA) is 84.9 Å². The Labute approximate surface area is 146 Å². The summed E-state index contributed by atoms with van der Waals surface area (Å²) in [6.45, 7) is 0.0288. The molecule has 25 heavy (non-hydrogen) atoms. The molecular weight excluding hydrogens is 322 g/mol. The molecule has 0 heterocycles. The minimum Gasteiger partial charge on any atom is -0.465 e. The van der Waals surface area contributed by atoms with Gasteiger partial charge >= 0.3 is 5.97 Å². The lowest BCUT2D eigenvalue weighted by Gasteiger charge is -2.28. The Balaban J connectivity index is 2.07. The molecule has 0 aliphatic rings. The first kappa shape index (κ1) is 18.6. The Hall–Kier alpha value is -2.70. The van der Waals surface area contributed by atoms with Gasteiger partial charge in [0.2, 0.25) is 0 Å². The molecule has 1 amide bonds.